The van der Waals surface area contributed by atoms with Crippen LogP contribution in [0.2, 0.25) is 0 Å². The second-order valence-corrected chi connectivity index (χ2v) is 7.70. The van der Waals surface area contributed by atoms with Crippen LogP contribution in [0.15, 0.2) is 0 Å². The third kappa shape index (κ3) is 9.50. The molecule has 0 aliphatic rings. The number of aliphatic hydroxyl groups is 1. The summed E-state index contributed by atoms with van der Waals surface area (Å²) in [5.74, 6) is -1.23. The van der Waals surface area contributed by atoms with Crippen LogP contribution >= 0.6 is 0 Å². The van der Waals surface area contributed by atoms with E-state index in [0.29, 0.717) is 0 Å². The minimum Gasteiger partial charge on any atom is -0.462 e. The Hall–Kier alpha value is -1.04. The third-order valence-electron chi connectivity index (χ3n) is 3.02. The van der Waals surface area contributed by atoms with Crippen molar-refractivity contribution in [2.24, 2.45) is 10.8 Å². The number of carbonyl (C=O) groups is 2. The number of hydrogen-bond acceptors (Lipinski definition) is 4. The minimum atomic E-state index is -0.774. The van der Waals surface area contributed by atoms with Crippen molar-refractivity contribution >= 4 is 19.6 Å². The van der Waals surface area contributed by atoms with E-state index in [1.807, 2.05) is 20.8 Å². The largest absolute Gasteiger partial charge is 0.462 e. The van der Waals surface area contributed by atoms with E-state index in [9.17, 15) is 9.59 Å². The van der Waals surface area contributed by atoms with E-state index in [4.69, 9.17) is 17.7 Å². The predicted octanol–water partition coefficient (Wildman–Crippen LogP) is 2.01. The lowest BCUT2D eigenvalue weighted by Crippen LogP contribution is -2.41. The van der Waals surface area contributed by atoms with Crippen molar-refractivity contribution in [1.29, 1.82) is 0 Å². The summed E-state index contributed by atoms with van der Waals surface area (Å²) in [6.07, 6.45) is 0.392. The highest BCUT2D eigenvalue weighted by molar-refractivity contribution is 6.57. The third-order valence-corrected chi connectivity index (χ3v) is 3.02. The zero-order valence-corrected chi connectivity index (χ0v) is 14.0. The van der Waals surface area contributed by atoms with Crippen molar-refractivity contribution < 1.29 is 19.4 Å². The zero-order chi connectivity index (χ0) is 16.8. The lowest BCUT2D eigenvalue weighted by atomic mass is 9.78. The highest BCUT2D eigenvalue weighted by atomic mass is 16.5. The summed E-state index contributed by atoms with van der Waals surface area (Å²) in [5.41, 5.74) is -0.158. The Morgan fingerprint density at radius 2 is 1.71 bits per heavy atom. The van der Waals surface area contributed by atoms with Crippen LogP contribution in [0.5, 0.6) is 0 Å². The molecule has 120 valence electrons. The van der Waals surface area contributed by atoms with Gasteiger partial charge in [-0.3, -0.25) is 9.59 Å². The highest BCUT2D eigenvalue weighted by Gasteiger charge is 2.32. The quantitative estimate of drug-likeness (QED) is 0.581. The topological polar surface area (TPSA) is 75.6 Å². The second kappa shape index (κ2) is 7.83. The first-order chi connectivity index (χ1) is 9.35. The van der Waals surface area contributed by atoms with E-state index in [2.05, 4.69) is 26.1 Å². The maximum Gasteiger partial charge on any atom is 0.308 e. The standard InChI is InChI=1S/C15H28BNO4/c1-14(2,3)8-11(15(4,5)6)21-12(19)7-10(9-18)17-13(16)20/h10-11,18H,7-9H2,1-6H3,(H,17,20). The van der Waals surface area contributed by atoms with Gasteiger partial charge in [0.15, 0.2) is 5.81 Å². The first kappa shape index (κ1) is 20.0. The molecular formula is C15H28BNO4. The van der Waals surface area contributed by atoms with Gasteiger partial charge in [-0.1, -0.05) is 41.5 Å². The van der Waals surface area contributed by atoms with Crippen LogP contribution in [0.1, 0.15) is 54.4 Å². The van der Waals surface area contributed by atoms with Crippen molar-refractivity contribution in [3.8, 4) is 0 Å². The van der Waals surface area contributed by atoms with Crippen molar-refractivity contribution in [3.63, 3.8) is 0 Å². The summed E-state index contributed by atoms with van der Waals surface area (Å²) in [6, 6.07) is -0.717. The molecular weight excluding hydrogens is 269 g/mol. The molecule has 0 bridgehead atoms. The summed E-state index contributed by atoms with van der Waals surface area (Å²) in [6.45, 7) is 11.9. The van der Waals surface area contributed by atoms with Gasteiger partial charge in [0.05, 0.1) is 19.1 Å². The first-order valence-corrected chi connectivity index (χ1v) is 7.21. The lowest BCUT2D eigenvalue weighted by molar-refractivity contribution is -0.157. The molecule has 0 fully saturated rings. The molecule has 5 nitrogen and oxygen atoms in total. The molecule has 0 saturated carbocycles. The summed E-state index contributed by atoms with van der Waals surface area (Å²) in [5, 5.41) is 11.4. The molecule has 0 saturated heterocycles. The molecule has 2 unspecified atom stereocenters. The fourth-order valence-electron chi connectivity index (χ4n) is 1.85. The van der Waals surface area contributed by atoms with Gasteiger partial charge in [0.1, 0.15) is 6.10 Å². The first-order valence-electron chi connectivity index (χ1n) is 7.21. The van der Waals surface area contributed by atoms with Crippen molar-refractivity contribution in [2.75, 3.05) is 6.61 Å². The van der Waals surface area contributed by atoms with Gasteiger partial charge in [-0.15, -0.1) is 0 Å². The second-order valence-electron chi connectivity index (χ2n) is 7.70. The zero-order valence-electron chi connectivity index (χ0n) is 14.0. The Kier molecular flexibility index (Phi) is 7.44. The van der Waals surface area contributed by atoms with Crippen LogP contribution in [0.3, 0.4) is 0 Å². The van der Waals surface area contributed by atoms with Gasteiger partial charge in [0.2, 0.25) is 7.85 Å². The molecule has 6 heteroatoms. The monoisotopic (exact) mass is 297 g/mol. The van der Waals surface area contributed by atoms with E-state index in [1.165, 1.54) is 0 Å². The molecule has 2 radical (unpaired) electrons. The average molecular weight is 297 g/mol. The molecule has 0 spiro atoms. The van der Waals surface area contributed by atoms with Gasteiger partial charge >= 0.3 is 5.97 Å². The number of amides is 1. The number of esters is 1. The molecule has 0 aliphatic heterocycles. The number of ether oxygens (including phenoxy) is 1. The van der Waals surface area contributed by atoms with Gasteiger partial charge in [0, 0.05) is 0 Å². The maximum absolute atomic E-state index is 12.0. The Balaban J connectivity index is 4.70. The van der Waals surface area contributed by atoms with Crippen LogP contribution in [0.4, 0.5) is 4.79 Å². The Morgan fingerprint density at radius 1 is 1.19 bits per heavy atom. The van der Waals surface area contributed by atoms with Gasteiger partial charge in [-0.05, 0) is 17.3 Å². The van der Waals surface area contributed by atoms with Crippen LogP contribution in [-0.2, 0) is 9.53 Å². The minimum absolute atomic E-state index is 0.0279. The van der Waals surface area contributed by atoms with Crippen LogP contribution < -0.4 is 5.32 Å². The molecule has 0 aromatic heterocycles. The van der Waals surface area contributed by atoms with Crippen LogP contribution in [-0.4, -0.2) is 43.5 Å². The fourth-order valence-corrected chi connectivity index (χ4v) is 1.85. The van der Waals surface area contributed by atoms with E-state index < -0.39 is 17.8 Å². The summed E-state index contributed by atoms with van der Waals surface area (Å²) >= 11 is 0. The molecule has 2 atom stereocenters. The highest BCUT2D eigenvalue weighted by Crippen LogP contribution is 2.33. The molecule has 0 rings (SSSR count). The van der Waals surface area contributed by atoms with Gasteiger partial charge in [0.25, 0.3) is 0 Å². The Bertz CT molecular complexity index is 358. The van der Waals surface area contributed by atoms with Gasteiger partial charge in [-0.2, -0.15) is 0 Å². The molecule has 21 heavy (non-hydrogen) atoms. The fraction of sp³-hybridized carbons (Fsp3) is 0.867. The van der Waals surface area contributed by atoms with Gasteiger partial charge in [-0.25, -0.2) is 0 Å². The SMILES string of the molecule is [B]C(=O)NC(CO)CC(=O)OC(CC(C)(C)C)C(C)(C)C. The molecule has 0 aromatic carbocycles. The number of hydrogen-bond donors (Lipinski definition) is 2. The molecule has 0 heterocycles. The summed E-state index contributed by atoms with van der Waals surface area (Å²) in [4.78, 5) is 22.8. The van der Waals surface area contributed by atoms with Crippen LogP contribution in [0, 0.1) is 10.8 Å². The Labute approximate surface area is 129 Å². The molecule has 1 amide bonds. The average Bonchev–Trinajstić information content (AvgIpc) is 2.23. The molecule has 0 aromatic rings. The normalized spacial score (nSPS) is 15.2. The van der Waals surface area contributed by atoms with Crippen molar-refractivity contribution in [3.05, 3.63) is 0 Å². The van der Waals surface area contributed by atoms with Crippen LogP contribution in [0.25, 0.3) is 0 Å². The molecule has 0 aliphatic carbocycles. The number of nitrogens with one attached hydrogen (secondary N) is 1. The van der Waals surface area contributed by atoms with E-state index in [-0.39, 0.29) is 30.0 Å². The summed E-state index contributed by atoms with van der Waals surface area (Å²) in [7, 11) is 4.99. The van der Waals surface area contributed by atoms with Crippen molar-refractivity contribution in [2.45, 2.75) is 66.5 Å². The number of aliphatic hydroxyl groups excluding tert-OH is 1. The smallest absolute Gasteiger partial charge is 0.308 e. The van der Waals surface area contributed by atoms with E-state index in [1.54, 1.807) is 0 Å². The van der Waals surface area contributed by atoms with E-state index >= 15 is 0 Å². The Morgan fingerprint density at radius 3 is 2.05 bits per heavy atom. The number of carbonyl (C=O) groups excluding carboxylic acids is 2. The molecule has 2 N–H and O–H groups in total. The van der Waals surface area contributed by atoms with Crippen molar-refractivity contribution in [1.82, 2.24) is 5.32 Å². The lowest BCUT2D eigenvalue weighted by Gasteiger charge is -2.35. The van der Waals surface area contributed by atoms with Gasteiger partial charge < -0.3 is 15.2 Å². The number of rotatable bonds is 6. The predicted molar refractivity (Wildman–Crippen MR) is 83.2 cm³/mol. The van der Waals surface area contributed by atoms with E-state index in [0.717, 1.165) is 6.42 Å². The summed E-state index contributed by atoms with van der Waals surface area (Å²) < 4.78 is 5.56. The maximum atomic E-state index is 12.0.